The van der Waals surface area contributed by atoms with E-state index >= 15 is 0 Å². The zero-order valence-corrected chi connectivity index (χ0v) is 25.1. The molecule has 2 atom stereocenters. The van der Waals surface area contributed by atoms with Gasteiger partial charge in [0, 0.05) is 5.56 Å². The molecule has 2 unspecified atom stereocenters. The van der Waals surface area contributed by atoms with E-state index in [4.69, 9.17) is 19.1 Å². The summed E-state index contributed by atoms with van der Waals surface area (Å²) in [6.07, 6.45) is 5.67. The van der Waals surface area contributed by atoms with Crippen molar-refractivity contribution in [1.29, 1.82) is 0 Å². The standard InChI is InChI=1S/C31H39N3O10/c1-4-6-7-8-22(23(5-2)34(19-36)44-30(41)31(3)13-14-31)28(39)32-18-33-29(40)25-12-11-24(43-25)20-9-10-21(16-35)26(15-20)42-17-27(37)38/h9-12,15-16,19,22-23H,4-8,13-14,17-18H2,1-3H3,(H,32,39)(H,33,40)(H,37,38). The van der Waals surface area contributed by atoms with Crippen LogP contribution < -0.4 is 15.4 Å². The molecule has 3 rings (SSSR count). The number of hydrogen-bond acceptors (Lipinski definition) is 9. The normalized spacial score (nSPS) is 14.4. The molecule has 1 aromatic carbocycles. The number of carbonyl (C=O) groups excluding carboxylic acids is 5. The summed E-state index contributed by atoms with van der Waals surface area (Å²) in [5, 5.41) is 15.1. The molecule has 1 saturated carbocycles. The van der Waals surface area contributed by atoms with Crippen molar-refractivity contribution in [2.45, 2.75) is 71.8 Å². The molecule has 13 nitrogen and oxygen atoms in total. The van der Waals surface area contributed by atoms with Gasteiger partial charge >= 0.3 is 11.9 Å². The van der Waals surface area contributed by atoms with Crippen LogP contribution in [0.15, 0.2) is 34.7 Å². The van der Waals surface area contributed by atoms with Crippen molar-refractivity contribution in [2.24, 2.45) is 11.3 Å². The second kappa shape index (κ2) is 15.7. The quantitative estimate of drug-likeness (QED) is 0.0914. The molecule has 44 heavy (non-hydrogen) atoms. The van der Waals surface area contributed by atoms with Crippen molar-refractivity contribution in [3.8, 4) is 17.1 Å². The number of rotatable bonds is 19. The number of furan rings is 1. The predicted molar refractivity (Wildman–Crippen MR) is 156 cm³/mol. The van der Waals surface area contributed by atoms with Gasteiger partial charge in [0.1, 0.15) is 11.5 Å². The van der Waals surface area contributed by atoms with E-state index in [2.05, 4.69) is 10.6 Å². The van der Waals surface area contributed by atoms with Gasteiger partial charge in [-0.05, 0) is 56.9 Å². The summed E-state index contributed by atoms with van der Waals surface area (Å²) in [6.45, 7) is 4.74. The fourth-order valence-corrected chi connectivity index (χ4v) is 4.61. The first kappa shape index (κ1) is 33.8. The number of carboxylic acid groups (broad SMARTS) is 1. The van der Waals surface area contributed by atoms with Crippen molar-refractivity contribution in [1.82, 2.24) is 15.7 Å². The van der Waals surface area contributed by atoms with E-state index in [1.165, 1.54) is 24.3 Å². The highest BCUT2D eigenvalue weighted by Gasteiger charge is 2.48. The largest absolute Gasteiger partial charge is 0.481 e. The van der Waals surface area contributed by atoms with Crippen LogP contribution >= 0.6 is 0 Å². The van der Waals surface area contributed by atoms with Gasteiger partial charge in [-0.1, -0.05) is 39.2 Å². The monoisotopic (exact) mass is 613 g/mol. The highest BCUT2D eigenvalue weighted by molar-refractivity contribution is 5.92. The van der Waals surface area contributed by atoms with Crippen LogP contribution in [0.5, 0.6) is 5.75 Å². The number of nitrogens with one attached hydrogen (secondary N) is 2. The van der Waals surface area contributed by atoms with Gasteiger partial charge in [-0.2, -0.15) is 5.06 Å². The van der Waals surface area contributed by atoms with Crippen molar-refractivity contribution in [3.63, 3.8) is 0 Å². The molecule has 3 N–H and O–H groups in total. The third-order valence-corrected chi connectivity index (χ3v) is 7.57. The lowest BCUT2D eigenvalue weighted by atomic mass is 9.90. The van der Waals surface area contributed by atoms with Crippen LogP contribution in [-0.4, -0.2) is 65.9 Å². The van der Waals surface area contributed by atoms with Crippen LogP contribution in [0.3, 0.4) is 0 Å². The Hall–Kier alpha value is -4.68. The maximum Gasteiger partial charge on any atom is 0.341 e. The number of unbranched alkanes of at least 4 members (excludes halogenated alkanes) is 2. The van der Waals surface area contributed by atoms with Gasteiger partial charge in [-0.15, -0.1) is 0 Å². The summed E-state index contributed by atoms with van der Waals surface area (Å²) in [5.74, 6) is -3.14. The van der Waals surface area contributed by atoms with Crippen molar-refractivity contribution in [2.75, 3.05) is 13.3 Å². The van der Waals surface area contributed by atoms with Crippen LogP contribution in [-0.2, 0) is 24.0 Å². The molecule has 2 aromatic rings. The Morgan fingerprint density at radius 1 is 1.09 bits per heavy atom. The molecule has 13 heteroatoms. The number of benzene rings is 1. The molecule has 1 aliphatic rings. The summed E-state index contributed by atoms with van der Waals surface area (Å²) in [4.78, 5) is 78.1. The van der Waals surface area contributed by atoms with Crippen molar-refractivity contribution >= 4 is 36.4 Å². The van der Waals surface area contributed by atoms with Gasteiger partial charge in [0.05, 0.1) is 29.6 Å². The molecular weight excluding hydrogens is 574 g/mol. The number of ether oxygens (including phenoxy) is 1. The number of aldehydes is 1. The maximum atomic E-state index is 13.3. The van der Waals surface area contributed by atoms with Crippen molar-refractivity contribution in [3.05, 3.63) is 41.7 Å². The first-order valence-electron chi connectivity index (χ1n) is 14.6. The molecule has 3 amide bonds. The van der Waals surface area contributed by atoms with Gasteiger partial charge < -0.3 is 29.7 Å². The topological polar surface area (TPSA) is 182 Å². The molecule has 0 radical (unpaired) electrons. The molecule has 0 bridgehead atoms. The third-order valence-electron chi connectivity index (χ3n) is 7.57. The highest BCUT2D eigenvalue weighted by atomic mass is 16.7. The van der Waals surface area contributed by atoms with Crippen LogP contribution in [0.1, 0.15) is 86.6 Å². The Labute approximate surface area is 255 Å². The van der Waals surface area contributed by atoms with Gasteiger partial charge in [0.25, 0.3) is 5.91 Å². The number of carbonyl (C=O) groups is 6. The van der Waals surface area contributed by atoms with E-state index in [9.17, 15) is 28.8 Å². The molecule has 0 aliphatic heterocycles. The van der Waals surface area contributed by atoms with Crippen molar-refractivity contribution < 1.29 is 47.9 Å². The lowest BCUT2D eigenvalue weighted by molar-refractivity contribution is -0.208. The predicted octanol–water partition coefficient (Wildman–Crippen LogP) is 3.72. The smallest absolute Gasteiger partial charge is 0.341 e. The summed E-state index contributed by atoms with van der Waals surface area (Å²) >= 11 is 0. The fraction of sp³-hybridized carbons (Fsp3) is 0.484. The number of nitrogens with zero attached hydrogens (tertiary/aromatic N) is 1. The van der Waals surface area contributed by atoms with E-state index in [1.807, 2.05) is 6.92 Å². The first-order valence-corrected chi connectivity index (χ1v) is 14.6. The molecule has 238 valence electrons. The average Bonchev–Trinajstić information content (AvgIpc) is 3.57. The molecule has 0 saturated heterocycles. The van der Waals surface area contributed by atoms with E-state index in [0.29, 0.717) is 43.9 Å². The lowest BCUT2D eigenvalue weighted by Crippen LogP contribution is -2.49. The number of carboxylic acids is 1. The molecule has 1 aliphatic carbocycles. The van der Waals surface area contributed by atoms with E-state index in [1.54, 1.807) is 19.9 Å². The van der Waals surface area contributed by atoms with Crippen LogP contribution in [0, 0.1) is 11.3 Å². The second-order valence-electron chi connectivity index (χ2n) is 10.9. The SMILES string of the molecule is CCCCCC(C(=O)NCNC(=O)c1ccc(-c2ccc(C=O)c(OCC(=O)O)c2)o1)C(CC)N(C=O)OC(=O)C1(C)CC1. The zero-order valence-electron chi connectivity index (χ0n) is 25.1. The Kier molecular flexibility index (Phi) is 12.1. The Morgan fingerprint density at radius 2 is 1.84 bits per heavy atom. The number of amides is 3. The summed E-state index contributed by atoms with van der Waals surface area (Å²) < 4.78 is 10.8. The number of aliphatic carboxylic acids is 1. The van der Waals surface area contributed by atoms with Gasteiger partial charge in [0.2, 0.25) is 12.3 Å². The molecular formula is C31H39N3O10. The summed E-state index contributed by atoms with van der Waals surface area (Å²) in [7, 11) is 0. The molecule has 0 spiro atoms. The summed E-state index contributed by atoms with van der Waals surface area (Å²) in [6, 6.07) is 6.70. The van der Waals surface area contributed by atoms with Gasteiger partial charge in [-0.3, -0.25) is 19.2 Å². The molecule has 1 aromatic heterocycles. The van der Waals surface area contributed by atoms with Gasteiger partial charge in [-0.25, -0.2) is 9.59 Å². The molecule has 1 heterocycles. The van der Waals surface area contributed by atoms with Crippen LogP contribution in [0.25, 0.3) is 11.3 Å². The Balaban J connectivity index is 1.64. The highest BCUT2D eigenvalue weighted by Crippen LogP contribution is 2.46. The fourth-order valence-electron chi connectivity index (χ4n) is 4.61. The minimum Gasteiger partial charge on any atom is -0.481 e. The van der Waals surface area contributed by atoms with E-state index in [-0.39, 0.29) is 29.5 Å². The number of hydroxylamine groups is 2. The van der Waals surface area contributed by atoms with Crippen LogP contribution in [0.2, 0.25) is 0 Å². The number of hydrogen-bond donors (Lipinski definition) is 3. The minimum absolute atomic E-state index is 0.0496. The first-order chi connectivity index (χ1) is 21.1. The van der Waals surface area contributed by atoms with Gasteiger partial charge in [0.15, 0.2) is 18.7 Å². The maximum absolute atomic E-state index is 13.3. The third kappa shape index (κ3) is 8.91. The summed E-state index contributed by atoms with van der Waals surface area (Å²) in [5.41, 5.74) is -0.00887. The Bertz CT molecular complexity index is 1350. The minimum atomic E-state index is -1.21. The second-order valence-corrected chi connectivity index (χ2v) is 10.9. The average molecular weight is 614 g/mol. The Morgan fingerprint density at radius 3 is 2.45 bits per heavy atom. The lowest BCUT2D eigenvalue weighted by Gasteiger charge is -2.32. The van der Waals surface area contributed by atoms with E-state index in [0.717, 1.165) is 24.3 Å². The zero-order chi connectivity index (χ0) is 32.3. The molecule has 1 fully saturated rings. The van der Waals surface area contributed by atoms with Crippen LogP contribution in [0.4, 0.5) is 0 Å². The van der Waals surface area contributed by atoms with E-state index < -0.39 is 47.7 Å².